The minimum Gasteiger partial charge on any atom is -0.494 e. The summed E-state index contributed by atoms with van der Waals surface area (Å²) in [7, 11) is 1.67. The molecule has 1 nitrogen and oxygen atoms in total. The van der Waals surface area contributed by atoms with Crippen molar-refractivity contribution in [2.45, 2.75) is 0 Å². The highest BCUT2D eigenvalue weighted by Gasteiger charge is 2.03. The van der Waals surface area contributed by atoms with Gasteiger partial charge in [-0.05, 0) is 38.5 Å². The minimum atomic E-state index is 0.871. The molecule has 0 atom stereocenters. The highest BCUT2D eigenvalue weighted by atomic mass is 127. The van der Waals surface area contributed by atoms with E-state index in [4.69, 9.17) is 4.74 Å². The van der Waals surface area contributed by atoms with Crippen molar-refractivity contribution in [2.75, 3.05) is 7.11 Å². The van der Waals surface area contributed by atoms with E-state index >= 15 is 0 Å². The number of rotatable bonds is 2. The molecule has 0 saturated carbocycles. The standard InChI is InChI=1S/C9H8BrIO/c1-12-8(9(10)11)7-5-3-2-4-6-7/h2-6H,1H3/b9-8+. The topological polar surface area (TPSA) is 9.23 Å². The normalized spacial score (nSPS) is 12.2. The maximum Gasteiger partial charge on any atom is 0.146 e. The Hall–Kier alpha value is -0.0300. The van der Waals surface area contributed by atoms with E-state index in [-0.39, 0.29) is 0 Å². The fourth-order valence-corrected chi connectivity index (χ4v) is 1.82. The van der Waals surface area contributed by atoms with Gasteiger partial charge in [0.15, 0.2) is 0 Å². The number of hydrogen-bond acceptors (Lipinski definition) is 1. The first-order valence-corrected chi connectivity index (χ1v) is 5.27. The van der Waals surface area contributed by atoms with Gasteiger partial charge in [-0.3, -0.25) is 0 Å². The van der Waals surface area contributed by atoms with Gasteiger partial charge in [-0.2, -0.15) is 0 Å². The smallest absolute Gasteiger partial charge is 0.146 e. The molecule has 0 amide bonds. The van der Waals surface area contributed by atoms with E-state index in [1.54, 1.807) is 7.11 Å². The van der Waals surface area contributed by atoms with Gasteiger partial charge in [-0.1, -0.05) is 30.3 Å². The number of halogens is 2. The lowest BCUT2D eigenvalue weighted by atomic mass is 10.2. The Labute approximate surface area is 94.1 Å². The van der Waals surface area contributed by atoms with Crippen LogP contribution in [0.4, 0.5) is 0 Å². The highest BCUT2D eigenvalue weighted by molar-refractivity contribution is 14.1. The van der Waals surface area contributed by atoms with Crippen LogP contribution in [0, 0.1) is 0 Å². The fraction of sp³-hybridized carbons (Fsp3) is 0.111. The highest BCUT2D eigenvalue weighted by Crippen LogP contribution is 2.27. The maximum absolute atomic E-state index is 5.22. The summed E-state index contributed by atoms with van der Waals surface area (Å²) < 4.78 is 6.20. The second-order valence-electron chi connectivity index (χ2n) is 2.16. The molecule has 0 aliphatic carbocycles. The lowest BCUT2D eigenvalue weighted by molar-refractivity contribution is 0.370. The average molecular weight is 339 g/mol. The Balaban J connectivity index is 3.05. The van der Waals surface area contributed by atoms with Crippen molar-refractivity contribution in [3.8, 4) is 0 Å². The van der Waals surface area contributed by atoms with Gasteiger partial charge in [-0.15, -0.1) is 0 Å². The van der Waals surface area contributed by atoms with Crippen LogP contribution in [-0.2, 0) is 4.74 Å². The SMILES string of the molecule is CO/C(=C(\Br)I)c1ccccc1. The molecule has 0 radical (unpaired) electrons. The molecular weight excluding hydrogens is 331 g/mol. The van der Waals surface area contributed by atoms with Crippen LogP contribution in [0.25, 0.3) is 5.76 Å². The van der Waals surface area contributed by atoms with Crippen molar-refractivity contribution in [2.24, 2.45) is 0 Å². The van der Waals surface area contributed by atoms with E-state index in [0.29, 0.717) is 0 Å². The lowest BCUT2D eigenvalue weighted by Gasteiger charge is -2.05. The number of ether oxygens (including phenoxy) is 1. The van der Waals surface area contributed by atoms with E-state index in [9.17, 15) is 0 Å². The third kappa shape index (κ3) is 2.48. The minimum absolute atomic E-state index is 0.871. The Kier molecular flexibility index (Phi) is 4.08. The Morgan fingerprint density at radius 3 is 2.33 bits per heavy atom. The molecule has 0 aliphatic heterocycles. The fourth-order valence-electron chi connectivity index (χ4n) is 0.894. The Bertz CT molecular complexity index is 278. The van der Waals surface area contributed by atoms with Crippen LogP contribution in [0.3, 0.4) is 0 Å². The van der Waals surface area contributed by atoms with Crippen LogP contribution in [0.2, 0.25) is 0 Å². The monoisotopic (exact) mass is 338 g/mol. The number of hydrogen-bond donors (Lipinski definition) is 0. The molecular formula is C9H8BrIO. The van der Waals surface area contributed by atoms with Gasteiger partial charge in [0, 0.05) is 5.56 Å². The first-order chi connectivity index (χ1) is 5.75. The lowest BCUT2D eigenvalue weighted by Crippen LogP contribution is -1.86. The molecule has 12 heavy (non-hydrogen) atoms. The van der Waals surface area contributed by atoms with Crippen LogP contribution >= 0.6 is 38.5 Å². The summed E-state index contributed by atoms with van der Waals surface area (Å²) in [6.07, 6.45) is 0. The molecule has 0 fully saturated rings. The van der Waals surface area contributed by atoms with Crippen LogP contribution in [-0.4, -0.2) is 7.11 Å². The maximum atomic E-state index is 5.22. The molecule has 0 spiro atoms. The summed E-state index contributed by atoms with van der Waals surface area (Å²) in [5.41, 5.74) is 1.08. The van der Waals surface area contributed by atoms with Crippen LogP contribution in [0.5, 0.6) is 0 Å². The van der Waals surface area contributed by atoms with Gasteiger partial charge in [-0.25, -0.2) is 0 Å². The van der Waals surface area contributed by atoms with Gasteiger partial charge >= 0.3 is 0 Å². The van der Waals surface area contributed by atoms with E-state index in [2.05, 4.69) is 38.5 Å². The van der Waals surface area contributed by atoms with Crippen LogP contribution in [0.1, 0.15) is 5.56 Å². The molecule has 0 heterocycles. The predicted octanol–water partition coefficient (Wildman–Crippen LogP) is 3.79. The second kappa shape index (κ2) is 4.87. The third-order valence-corrected chi connectivity index (χ3v) is 2.26. The zero-order chi connectivity index (χ0) is 8.97. The summed E-state index contributed by atoms with van der Waals surface area (Å²) in [4.78, 5) is 0. The van der Waals surface area contributed by atoms with Crippen molar-refractivity contribution >= 4 is 44.3 Å². The molecule has 0 aliphatic rings. The summed E-state index contributed by atoms with van der Waals surface area (Å²) in [5.74, 6) is 0.871. The number of methoxy groups -OCH3 is 1. The first-order valence-electron chi connectivity index (χ1n) is 3.40. The first kappa shape index (κ1) is 10.1. The van der Waals surface area contributed by atoms with E-state index in [1.165, 1.54) is 0 Å². The molecule has 1 aromatic rings. The van der Waals surface area contributed by atoms with Crippen molar-refractivity contribution in [3.05, 3.63) is 38.4 Å². The van der Waals surface area contributed by atoms with Gasteiger partial charge in [0.1, 0.15) is 5.76 Å². The summed E-state index contributed by atoms with van der Waals surface area (Å²) >= 11 is 5.56. The largest absolute Gasteiger partial charge is 0.494 e. The molecule has 0 aromatic heterocycles. The van der Waals surface area contributed by atoms with E-state index < -0.39 is 0 Å². The summed E-state index contributed by atoms with van der Waals surface area (Å²) in [6.45, 7) is 0. The van der Waals surface area contributed by atoms with Gasteiger partial charge < -0.3 is 4.74 Å². The van der Waals surface area contributed by atoms with Crippen molar-refractivity contribution in [1.29, 1.82) is 0 Å². The van der Waals surface area contributed by atoms with Gasteiger partial charge in [0.25, 0.3) is 0 Å². The van der Waals surface area contributed by atoms with Crippen molar-refractivity contribution in [1.82, 2.24) is 0 Å². The third-order valence-electron chi connectivity index (χ3n) is 1.41. The Morgan fingerprint density at radius 1 is 1.33 bits per heavy atom. The van der Waals surface area contributed by atoms with Gasteiger partial charge in [0.05, 0.1) is 9.60 Å². The molecule has 1 rings (SSSR count). The predicted molar refractivity (Wildman–Crippen MR) is 63.3 cm³/mol. The van der Waals surface area contributed by atoms with E-state index in [0.717, 1.165) is 13.8 Å². The zero-order valence-corrected chi connectivity index (χ0v) is 10.3. The molecule has 0 saturated heterocycles. The second-order valence-corrected chi connectivity index (χ2v) is 5.51. The molecule has 0 N–H and O–H groups in total. The summed E-state index contributed by atoms with van der Waals surface area (Å²) in [6, 6.07) is 9.98. The van der Waals surface area contributed by atoms with Crippen molar-refractivity contribution in [3.63, 3.8) is 0 Å². The number of benzene rings is 1. The van der Waals surface area contributed by atoms with Crippen LogP contribution < -0.4 is 0 Å². The summed E-state index contributed by atoms with van der Waals surface area (Å²) in [5, 5.41) is 0. The molecule has 0 unspecified atom stereocenters. The van der Waals surface area contributed by atoms with Crippen LogP contribution in [0.15, 0.2) is 32.8 Å². The molecule has 64 valence electrons. The quantitative estimate of drug-likeness (QED) is 0.589. The molecule has 3 heteroatoms. The molecule has 1 aromatic carbocycles. The molecule has 0 bridgehead atoms. The van der Waals surface area contributed by atoms with Crippen molar-refractivity contribution < 1.29 is 4.74 Å². The average Bonchev–Trinajstić information content (AvgIpc) is 2.07. The Morgan fingerprint density at radius 2 is 1.92 bits per heavy atom. The van der Waals surface area contributed by atoms with E-state index in [1.807, 2.05) is 30.3 Å². The van der Waals surface area contributed by atoms with Gasteiger partial charge in [0.2, 0.25) is 0 Å². The zero-order valence-electron chi connectivity index (χ0n) is 6.55.